The smallest absolute Gasteiger partial charge is 0.227 e. The molecule has 35 heavy (non-hydrogen) atoms. The molecule has 8 nitrogen and oxygen atoms in total. The molecule has 5 aromatic rings. The minimum absolute atomic E-state index is 0.603. The first kappa shape index (κ1) is 23.3. The predicted octanol–water partition coefficient (Wildman–Crippen LogP) is 4.50. The number of aliphatic hydroxyl groups excluding tert-OH is 1. The van der Waals surface area contributed by atoms with Crippen LogP contribution in [0.25, 0.3) is 44.4 Å². The number of oxazole rings is 1. The van der Waals surface area contributed by atoms with E-state index in [1.54, 1.807) is 0 Å². The minimum Gasteiger partial charge on any atom is -0.440 e. The molecule has 1 fully saturated rings. The van der Waals surface area contributed by atoms with Gasteiger partial charge in [0.1, 0.15) is 5.76 Å². The lowest BCUT2D eigenvalue weighted by atomic mass is 9.98. The van der Waals surface area contributed by atoms with Gasteiger partial charge in [-0.15, -0.1) is 0 Å². The number of nitrogens with one attached hydrogen (secondary N) is 2. The van der Waals surface area contributed by atoms with E-state index in [1.165, 1.54) is 10.9 Å². The molecule has 0 radical (unpaired) electrons. The summed E-state index contributed by atoms with van der Waals surface area (Å²) in [6, 6.07) is 13.3. The van der Waals surface area contributed by atoms with E-state index in [1.807, 2.05) is 18.6 Å². The molecule has 0 atom stereocenters. The van der Waals surface area contributed by atoms with Crippen molar-refractivity contribution in [3.8, 4) is 22.6 Å². The summed E-state index contributed by atoms with van der Waals surface area (Å²) in [5, 5.41) is 16.6. The van der Waals surface area contributed by atoms with Crippen LogP contribution in [0, 0.1) is 0 Å². The number of aromatic amines is 2. The highest BCUT2D eigenvalue weighted by Crippen LogP contribution is 2.35. The zero-order chi connectivity index (χ0) is 24.4. The lowest BCUT2D eigenvalue weighted by Crippen LogP contribution is -2.48. The fourth-order valence-corrected chi connectivity index (χ4v) is 4.88. The molecule has 4 heterocycles. The van der Waals surface area contributed by atoms with Crippen molar-refractivity contribution in [3.05, 3.63) is 60.7 Å². The molecular formula is C27H32N6O2. The van der Waals surface area contributed by atoms with Crippen LogP contribution in [0.1, 0.15) is 19.6 Å². The zero-order valence-corrected chi connectivity index (χ0v) is 20.5. The van der Waals surface area contributed by atoms with Gasteiger partial charge < -0.3 is 14.5 Å². The van der Waals surface area contributed by atoms with Crippen LogP contribution in [-0.4, -0.2) is 74.4 Å². The third kappa shape index (κ3) is 4.60. The van der Waals surface area contributed by atoms with Crippen molar-refractivity contribution >= 4 is 21.8 Å². The molecule has 1 aliphatic rings. The number of hydrogen-bond acceptors (Lipinski definition) is 6. The summed E-state index contributed by atoms with van der Waals surface area (Å²) >= 11 is 0. The van der Waals surface area contributed by atoms with Gasteiger partial charge in [-0.05, 0) is 49.2 Å². The highest BCUT2D eigenvalue weighted by atomic mass is 16.4. The molecule has 0 spiro atoms. The average molecular weight is 473 g/mol. The number of fused-ring (bicyclic) bond motifs is 2. The number of hydrogen-bond donors (Lipinski definition) is 3. The average Bonchev–Trinajstić information content (AvgIpc) is 3.65. The normalized spacial score (nSPS) is 15.1. The summed E-state index contributed by atoms with van der Waals surface area (Å²) in [7, 11) is 1.00. The number of piperazine rings is 1. The lowest BCUT2D eigenvalue weighted by molar-refractivity contribution is 0.0992. The van der Waals surface area contributed by atoms with Crippen LogP contribution >= 0.6 is 0 Å². The van der Waals surface area contributed by atoms with Crippen LogP contribution in [-0.2, 0) is 6.54 Å². The first-order valence-corrected chi connectivity index (χ1v) is 12.1. The van der Waals surface area contributed by atoms with Gasteiger partial charge in [0.2, 0.25) is 5.89 Å². The molecule has 0 amide bonds. The van der Waals surface area contributed by atoms with Gasteiger partial charge in [-0.25, -0.2) is 4.98 Å². The molecule has 6 rings (SSSR count). The number of aliphatic hydroxyl groups is 1. The van der Waals surface area contributed by atoms with Gasteiger partial charge >= 0.3 is 0 Å². The Bertz CT molecular complexity index is 1410. The Labute approximate surface area is 204 Å². The number of benzene rings is 2. The van der Waals surface area contributed by atoms with E-state index >= 15 is 0 Å². The number of nitrogens with zero attached hydrogens (tertiary/aromatic N) is 4. The van der Waals surface area contributed by atoms with Gasteiger partial charge in [0.25, 0.3) is 0 Å². The molecule has 3 aromatic heterocycles. The van der Waals surface area contributed by atoms with Gasteiger partial charge in [0.15, 0.2) is 0 Å². The zero-order valence-electron chi connectivity index (χ0n) is 20.5. The summed E-state index contributed by atoms with van der Waals surface area (Å²) in [6.45, 7) is 9.61. The van der Waals surface area contributed by atoms with Crippen molar-refractivity contribution in [1.29, 1.82) is 0 Å². The Hall–Kier alpha value is -3.46. The summed E-state index contributed by atoms with van der Waals surface area (Å²) in [4.78, 5) is 12.9. The first-order valence-electron chi connectivity index (χ1n) is 12.1. The summed E-state index contributed by atoms with van der Waals surface area (Å²) in [6.07, 6.45) is 5.70. The molecule has 1 saturated heterocycles. The third-order valence-electron chi connectivity index (χ3n) is 6.77. The summed E-state index contributed by atoms with van der Waals surface area (Å²) < 4.78 is 6.27. The Morgan fingerprint density at radius 1 is 0.971 bits per heavy atom. The van der Waals surface area contributed by atoms with Gasteiger partial charge in [-0.3, -0.25) is 14.9 Å². The second-order valence-corrected chi connectivity index (χ2v) is 9.14. The summed E-state index contributed by atoms with van der Waals surface area (Å²) in [5.41, 5.74) is 5.33. The van der Waals surface area contributed by atoms with E-state index < -0.39 is 0 Å². The largest absolute Gasteiger partial charge is 0.440 e. The van der Waals surface area contributed by atoms with E-state index in [0.717, 1.165) is 73.1 Å². The van der Waals surface area contributed by atoms with Crippen LogP contribution in [0.15, 0.2) is 59.4 Å². The van der Waals surface area contributed by atoms with E-state index in [2.05, 4.69) is 80.2 Å². The molecule has 0 bridgehead atoms. The topological polar surface area (TPSA) is 97.2 Å². The molecule has 3 N–H and O–H groups in total. The van der Waals surface area contributed by atoms with Gasteiger partial charge in [0.05, 0.1) is 24.5 Å². The lowest BCUT2D eigenvalue weighted by Gasteiger charge is -2.36. The van der Waals surface area contributed by atoms with Crippen molar-refractivity contribution in [1.82, 2.24) is 30.0 Å². The fourth-order valence-electron chi connectivity index (χ4n) is 4.88. The monoisotopic (exact) mass is 472 g/mol. The second kappa shape index (κ2) is 10.0. The van der Waals surface area contributed by atoms with Crippen molar-refractivity contribution in [2.24, 2.45) is 0 Å². The third-order valence-corrected chi connectivity index (χ3v) is 6.77. The highest BCUT2D eigenvalue weighted by molar-refractivity contribution is 6.01. The van der Waals surface area contributed by atoms with Gasteiger partial charge in [0, 0.05) is 67.4 Å². The van der Waals surface area contributed by atoms with Crippen LogP contribution in [0.2, 0.25) is 0 Å². The molecule has 8 heteroatoms. The number of rotatable bonds is 5. The molecular weight excluding hydrogens is 440 g/mol. The second-order valence-electron chi connectivity index (χ2n) is 9.14. The Morgan fingerprint density at radius 2 is 1.80 bits per heavy atom. The standard InChI is InChI=1S/C26H28N6O.CH4O/c1-17(2)32-10-8-31(9-11-32)16-19-14-28-26(33-19)22-12-18(13-25-23(22)15-29-30-25)20-4-3-5-24-21(20)6-7-27-24;1-2/h3-7,12-15,17,27H,8-11,16H2,1-2H3,(H,29,30);2H,1H3. The van der Waals surface area contributed by atoms with Crippen molar-refractivity contribution < 1.29 is 9.52 Å². The molecule has 1 aliphatic heterocycles. The van der Waals surface area contributed by atoms with Crippen molar-refractivity contribution in [2.45, 2.75) is 26.4 Å². The molecule has 182 valence electrons. The van der Waals surface area contributed by atoms with Crippen LogP contribution in [0.5, 0.6) is 0 Å². The predicted molar refractivity (Wildman–Crippen MR) is 139 cm³/mol. The molecule has 0 unspecified atom stereocenters. The number of aromatic nitrogens is 4. The van der Waals surface area contributed by atoms with E-state index in [-0.39, 0.29) is 0 Å². The fraction of sp³-hybridized carbons (Fsp3) is 0.333. The van der Waals surface area contributed by atoms with Crippen LogP contribution in [0.4, 0.5) is 0 Å². The summed E-state index contributed by atoms with van der Waals surface area (Å²) in [5.74, 6) is 1.54. The van der Waals surface area contributed by atoms with Gasteiger partial charge in [-0.1, -0.05) is 12.1 Å². The Morgan fingerprint density at radius 3 is 2.60 bits per heavy atom. The molecule has 2 aromatic carbocycles. The number of H-pyrrole nitrogens is 2. The minimum atomic E-state index is 0.603. The van der Waals surface area contributed by atoms with E-state index in [9.17, 15) is 0 Å². The first-order chi connectivity index (χ1) is 17.2. The Balaban J connectivity index is 0.00000124. The van der Waals surface area contributed by atoms with Crippen molar-refractivity contribution in [2.75, 3.05) is 33.3 Å². The molecule has 0 saturated carbocycles. The van der Waals surface area contributed by atoms with Gasteiger partial charge in [-0.2, -0.15) is 5.10 Å². The SMILES string of the molecule is CC(C)N1CCN(Cc2cnc(-c3cc(-c4cccc5[nH]ccc45)cc4[nH]ncc34)o2)CC1.CO. The van der Waals surface area contributed by atoms with Crippen molar-refractivity contribution in [3.63, 3.8) is 0 Å². The van der Waals surface area contributed by atoms with Crippen LogP contribution in [0.3, 0.4) is 0 Å². The van der Waals surface area contributed by atoms with Crippen LogP contribution < -0.4 is 0 Å². The quantitative estimate of drug-likeness (QED) is 0.348. The maximum atomic E-state index is 7.00. The Kier molecular flexibility index (Phi) is 6.68. The van der Waals surface area contributed by atoms with E-state index in [0.29, 0.717) is 11.9 Å². The van der Waals surface area contributed by atoms with E-state index in [4.69, 9.17) is 9.52 Å². The highest BCUT2D eigenvalue weighted by Gasteiger charge is 2.21. The maximum absolute atomic E-state index is 7.00. The molecule has 0 aliphatic carbocycles. The maximum Gasteiger partial charge on any atom is 0.227 e.